The van der Waals surface area contributed by atoms with Gasteiger partial charge in [0.1, 0.15) is 5.75 Å². The van der Waals surface area contributed by atoms with Gasteiger partial charge in [0.15, 0.2) is 0 Å². The summed E-state index contributed by atoms with van der Waals surface area (Å²) in [6.45, 7) is 0. The summed E-state index contributed by atoms with van der Waals surface area (Å²) in [5.74, 6) is 0.301. The number of phenols is 1. The highest BCUT2D eigenvalue weighted by Crippen LogP contribution is 2.43. The van der Waals surface area contributed by atoms with Gasteiger partial charge >= 0.3 is 0 Å². The molecule has 0 aliphatic carbocycles. The Bertz CT molecular complexity index is 1600. The van der Waals surface area contributed by atoms with Crippen molar-refractivity contribution in [1.29, 1.82) is 0 Å². The number of fused-ring (bicyclic) bond motifs is 2. The van der Waals surface area contributed by atoms with E-state index in [0.717, 1.165) is 27.3 Å². The molecule has 1 N–H and O–H groups in total. The zero-order valence-electron chi connectivity index (χ0n) is 18.1. The first-order chi connectivity index (χ1) is 16.3. The van der Waals surface area contributed by atoms with Crippen molar-refractivity contribution in [3.05, 3.63) is 127 Å². The van der Waals surface area contributed by atoms with Crippen molar-refractivity contribution in [2.24, 2.45) is 0 Å². The van der Waals surface area contributed by atoms with Crippen molar-refractivity contribution < 1.29 is 5.11 Å². The highest BCUT2D eigenvalue weighted by Gasteiger charge is 2.15. The van der Waals surface area contributed by atoms with Crippen LogP contribution in [0.15, 0.2) is 127 Å². The largest absolute Gasteiger partial charge is 0.507 e. The first-order valence-corrected chi connectivity index (χ1v) is 11.2. The lowest BCUT2D eigenvalue weighted by Gasteiger charge is -2.16. The fraction of sp³-hybridized carbons (Fsp3) is 0. The van der Waals surface area contributed by atoms with E-state index in [2.05, 4.69) is 91.0 Å². The summed E-state index contributed by atoms with van der Waals surface area (Å²) >= 11 is 0. The summed E-state index contributed by atoms with van der Waals surface area (Å²) in [7, 11) is 0. The van der Waals surface area contributed by atoms with Gasteiger partial charge in [0.25, 0.3) is 0 Å². The van der Waals surface area contributed by atoms with Crippen LogP contribution in [0.5, 0.6) is 5.75 Å². The lowest BCUT2D eigenvalue weighted by molar-refractivity contribution is 0.478. The molecule has 0 bridgehead atoms. The van der Waals surface area contributed by atoms with Gasteiger partial charge in [-0.05, 0) is 61.5 Å². The van der Waals surface area contributed by atoms with Crippen LogP contribution in [-0.4, -0.2) is 5.11 Å². The van der Waals surface area contributed by atoms with Crippen molar-refractivity contribution in [3.8, 4) is 39.1 Å². The molecule has 0 aromatic heterocycles. The molecule has 0 aliphatic rings. The van der Waals surface area contributed by atoms with Crippen LogP contribution in [0.25, 0.3) is 54.9 Å². The van der Waals surface area contributed by atoms with Gasteiger partial charge in [0, 0.05) is 5.56 Å². The quantitative estimate of drug-likeness (QED) is 0.302. The molecule has 0 saturated carbocycles. The molecule has 6 aromatic carbocycles. The van der Waals surface area contributed by atoms with Crippen molar-refractivity contribution in [1.82, 2.24) is 0 Å². The number of rotatable bonds is 3. The topological polar surface area (TPSA) is 20.2 Å². The van der Waals surface area contributed by atoms with Crippen LogP contribution in [-0.2, 0) is 0 Å². The predicted molar refractivity (Wildman–Crippen MR) is 139 cm³/mol. The molecule has 33 heavy (non-hydrogen) atoms. The van der Waals surface area contributed by atoms with Crippen molar-refractivity contribution in [2.45, 2.75) is 0 Å². The van der Waals surface area contributed by atoms with Crippen LogP contribution < -0.4 is 0 Å². The van der Waals surface area contributed by atoms with E-state index in [1.807, 2.05) is 30.3 Å². The second-order valence-corrected chi connectivity index (χ2v) is 8.33. The third-order valence-corrected chi connectivity index (χ3v) is 6.38. The van der Waals surface area contributed by atoms with E-state index in [4.69, 9.17) is 0 Å². The molecule has 1 nitrogen and oxygen atoms in total. The molecule has 0 unspecified atom stereocenters. The SMILES string of the molecule is Oc1ccc2ccccc2c1-c1ccc(-c2ccccc2)c2cc(-c3ccccc3)ccc12. The van der Waals surface area contributed by atoms with Crippen molar-refractivity contribution in [3.63, 3.8) is 0 Å². The van der Waals surface area contributed by atoms with Gasteiger partial charge < -0.3 is 5.11 Å². The van der Waals surface area contributed by atoms with Gasteiger partial charge in [-0.3, -0.25) is 0 Å². The lowest BCUT2D eigenvalue weighted by Crippen LogP contribution is -1.89. The summed E-state index contributed by atoms with van der Waals surface area (Å²) in [6, 6.07) is 44.0. The number of benzene rings is 6. The second-order valence-electron chi connectivity index (χ2n) is 8.33. The van der Waals surface area contributed by atoms with Gasteiger partial charge in [-0.2, -0.15) is 0 Å². The molecule has 6 aromatic rings. The van der Waals surface area contributed by atoms with E-state index in [-0.39, 0.29) is 0 Å². The summed E-state index contributed by atoms with van der Waals surface area (Å²) in [5, 5.41) is 15.4. The smallest absolute Gasteiger partial charge is 0.124 e. The highest BCUT2D eigenvalue weighted by molar-refractivity contribution is 6.11. The zero-order valence-corrected chi connectivity index (χ0v) is 18.1. The van der Waals surface area contributed by atoms with Crippen molar-refractivity contribution in [2.75, 3.05) is 0 Å². The Hall–Kier alpha value is -4.36. The molecule has 1 heteroatoms. The monoisotopic (exact) mass is 422 g/mol. The van der Waals surface area contributed by atoms with Gasteiger partial charge in [-0.1, -0.05) is 115 Å². The fourth-order valence-electron chi connectivity index (χ4n) is 4.79. The molecule has 0 saturated heterocycles. The Morgan fingerprint density at radius 1 is 0.394 bits per heavy atom. The average Bonchev–Trinajstić information content (AvgIpc) is 2.89. The molecule has 6 rings (SSSR count). The van der Waals surface area contributed by atoms with Crippen LogP contribution >= 0.6 is 0 Å². The second kappa shape index (κ2) is 7.96. The number of phenolic OH excluding ortho intramolecular Hbond substituents is 1. The Morgan fingerprint density at radius 2 is 1.06 bits per heavy atom. The van der Waals surface area contributed by atoms with Gasteiger partial charge in [0.05, 0.1) is 0 Å². The minimum absolute atomic E-state index is 0.301. The van der Waals surface area contributed by atoms with E-state index in [1.165, 1.54) is 27.6 Å². The maximum Gasteiger partial charge on any atom is 0.124 e. The lowest BCUT2D eigenvalue weighted by atomic mass is 9.88. The predicted octanol–water partition coefficient (Wildman–Crippen LogP) is 8.70. The first kappa shape index (κ1) is 19.3. The van der Waals surface area contributed by atoms with Crippen molar-refractivity contribution >= 4 is 21.5 Å². The maximum atomic E-state index is 10.9. The molecule has 0 aliphatic heterocycles. The Balaban J connectivity index is 1.69. The van der Waals surface area contributed by atoms with E-state index in [0.29, 0.717) is 5.75 Å². The maximum absolute atomic E-state index is 10.9. The minimum Gasteiger partial charge on any atom is -0.507 e. The highest BCUT2D eigenvalue weighted by atomic mass is 16.3. The summed E-state index contributed by atoms with van der Waals surface area (Å²) in [4.78, 5) is 0. The van der Waals surface area contributed by atoms with Crippen LogP contribution in [0.2, 0.25) is 0 Å². The fourth-order valence-corrected chi connectivity index (χ4v) is 4.79. The molecular formula is C32H22O. The minimum atomic E-state index is 0.301. The van der Waals surface area contributed by atoms with E-state index in [1.54, 1.807) is 6.07 Å². The third-order valence-electron chi connectivity index (χ3n) is 6.38. The number of hydrogen-bond acceptors (Lipinski definition) is 1. The van der Waals surface area contributed by atoms with E-state index in [9.17, 15) is 5.11 Å². The molecular weight excluding hydrogens is 400 g/mol. The van der Waals surface area contributed by atoms with Gasteiger partial charge in [-0.15, -0.1) is 0 Å². The first-order valence-electron chi connectivity index (χ1n) is 11.2. The van der Waals surface area contributed by atoms with Gasteiger partial charge in [-0.25, -0.2) is 0 Å². The molecule has 0 spiro atoms. The molecule has 0 atom stereocenters. The zero-order chi connectivity index (χ0) is 22.2. The molecule has 0 fully saturated rings. The summed E-state index contributed by atoms with van der Waals surface area (Å²) in [5.41, 5.74) is 6.66. The average molecular weight is 423 g/mol. The Morgan fingerprint density at radius 3 is 1.85 bits per heavy atom. The Kier molecular flexibility index (Phi) is 4.66. The Labute approximate surface area is 193 Å². The van der Waals surface area contributed by atoms with Crippen LogP contribution in [0, 0.1) is 0 Å². The van der Waals surface area contributed by atoms with Crippen LogP contribution in [0.1, 0.15) is 0 Å². The standard InChI is InChI=1S/C32H22O/c33-31-20-16-24-13-7-8-14-27(24)32(31)29-19-18-26(23-11-5-2-6-12-23)30-21-25(15-17-28(29)30)22-9-3-1-4-10-22/h1-21,33H. The number of hydrogen-bond donors (Lipinski definition) is 1. The van der Waals surface area contributed by atoms with Gasteiger partial charge in [0.2, 0.25) is 0 Å². The van der Waals surface area contributed by atoms with Crippen LogP contribution in [0.3, 0.4) is 0 Å². The summed E-state index contributed by atoms with van der Waals surface area (Å²) in [6.07, 6.45) is 0. The normalized spacial score (nSPS) is 11.2. The van der Waals surface area contributed by atoms with Crippen LogP contribution in [0.4, 0.5) is 0 Å². The third kappa shape index (κ3) is 3.35. The molecule has 0 radical (unpaired) electrons. The molecule has 0 amide bonds. The van der Waals surface area contributed by atoms with E-state index >= 15 is 0 Å². The van der Waals surface area contributed by atoms with E-state index < -0.39 is 0 Å². The molecule has 0 heterocycles. The molecule has 156 valence electrons. The number of aromatic hydroxyl groups is 1. The summed E-state index contributed by atoms with van der Waals surface area (Å²) < 4.78 is 0.